The van der Waals surface area contributed by atoms with E-state index in [1.165, 1.54) is 5.56 Å². The van der Waals surface area contributed by atoms with Gasteiger partial charge in [-0.1, -0.05) is 55.5 Å². The average Bonchev–Trinajstić information content (AvgIpc) is 2.83. The molecule has 0 spiro atoms. The highest BCUT2D eigenvalue weighted by Gasteiger charge is 2.40. The van der Waals surface area contributed by atoms with Crippen LogP contribution in [-0.4, -0.2) is 34.6 Å². The predicted molar refractivity (Wildman–Crippen MR) is 127 cm³/mol. The number of hydrogen-bond donors (Lipinski definition) is 2. The number of carbonyl (C=O) groups is 1. The molecule has 1 aliphatic heterocycles. The van der Waals surface area contributed by atoms with Crippen LogP contribution < -0.4 is 10.1 Å². The van der Waals surface area contributed by atoms with E-state index < -0.39 is 11.5 Å². The second kappa shape index (κ2) is 9.98. The number of piperidine rings is 1. The topological polar surface area (TPSA) is 61.8 Å². The number of rotatable bonds is 7. The molecule has 1 aliphatic rings. The van der Waals surface area contributed by atoms with Crippen molar-refractivity contribution in [2.24, 2.45) is 5.92 Å². The lowest BCUT2D eigenvalue weighted by Crippen LogP contribution is -2.51. The molecule has 1 saturated heterocycles. The number of aliphatic hydroxyl groups is 1. The van der Waals surface area contributed by atoms with Crippen LogP contribution >= 0.6 is 0 Å². The molecule has 0 aliphatic carbocycles. The molecule has 2 N–H and O–H groups in total. The molecule has 32 heavy (non-hydrogen) atoms. The molecule has 1 unspecified atom stereocenters. The quantitative estimate of drug-likeness (QED) is 0.549. The van der Waals surface area contributed by atoms with Crippen molar-refractivity contribution in [2.45, 2.75) is 31.9 Å². The Kier molecular flexibility index (Phi) is 6.88. The van der Waals surface area contributed by atoms with Crippen LogP contribution in [0, 0.1) is 5.92 Å². The smallest absolute Gasteiger partial charge is 0.230 e. The maximum absolute atomic E-state index is 12.8. The van der Waals surface area contributed by atoms with Gasteiger partial charge in [0.25, 0.3) is 0 Å². The van der Waals surface area contributed by atoms with Gasteiger partial charge in [0.1, 0.15) is 11.5 Å². The Morgan fingerprint density at radius 3 is 2.12 bits per heavy atom. The normalized spacial score (nSPS) is 16.8. The van der Waals surface area contributed by atoms with E-state index in [1.54, 1.807) is 0 Å². The highest BCUT2D eigenvalue weighted by molar-refractivity contribution is 5.93. The van der Waals surface area contributed by atoms with Crippen molar-refractivity contribution >= 4 is 11.6 Å². The van der Waals surface area contributed by atoms with Crippen molar-refractivity contribution in [2.75, 3.05) is 18.4 Å². The van der Waals surface area contributed by atoms with Gasteiger partial charge in [-0.15, -0.1) is 0 Å². The number of ether oxygens (including phenoxy) is 1. The third-order valence-corrected chi connectivity index (χ3v) is 6.27. The van der Waals surface area contributed by atoms with E-state index in [2.05, 4.69) is 22.3 Å². The summed E-state index contributed by atoms with van der Waals surface area (Å²) in [5.74, 6) is 0.799. The third-order valence-electron chi connectivity index (χ3n) is 6.27. The summed E-state index contributed by atoms with van der Waals surface area (Å²) in [5, 5.41) is 14.1. The van der Waals surface area contributed by atoms with E-state index in [4.69, 9.17) is 4.74 Å². The molecule has 5 nitrogen and oxygen atoms in total. The standard InChI is InChI=1S/C27H30N2O3/c1-21(27(31)16-18-29(19-17-27)20-22-8-4-2-5-9-22)26(30)28-23-12-14-25(15-13-23)32-24-10-6-3-7-11-24/h2-15,21,31H,16-20H2,1H3,(H,28,30). The van der Waals surface area contributed by atoms with Crippen LogP contribution in [0.15, 0.2) is 84.9 Å². The Labute approximate surface area is 189 Å². The first kappa shape index (κ1) is 22.1. The molecule has 0 bridgehead atoms. The second-order valence-electron chi connectivity index (χ2n) is 8.52. The predicted octanol–water partition coefficient (Wildman–Crippen LogP) is 5.08. The highest BCUT2D eigenvalue weighted by Crippen LogP contribution is 2.32. The number of carbonyl (C=O) groups excluding carboxylic acids is 1. The summed E-state index contributed by atoms with van der Waals surface area (Å²) in [5.41, 5.74) is 0.962. The number of hydrogen-bond acceptors (Lipinski definition) is 4. The Morgan fingerprint density at radius 1 is 0.938 bits per heavy atom. The maximum atomic E-state index is 12.8. The molecule has 166 valence electrons. The van der Waals surface area contributed by atoms with Gasteiger partial charge in [-0.25, -0.2) is 0 Å². The van der Waals surface area contributed by atoms with Gasteiger partial charge in [-0.2, -0.15) is 0 Å². The molecule has 0 saturated carbocycles. The van der Waals surface area contributed by atoms with Crippen molar-refractivity contribution < 1.29 is 14.6 Å². The lowest BCUT2D eigenvalue weighted by Gasteiger charge is -2.41. The fourth-order valence-corrected chi connectivity index (χ4v) is 4.10. The van der Waals surface area contributed by atoms with E-state index in [9.17, 15) is 9.90 Å². The Balaban J connectivity index is 1.29. The maximum Gasteiger partial charge on any atom is 0.230 e. The summed E-state index contributed by atoms with van der Waals surface area (Å²) in [6.07, 6.45) is 1.16. The average molecular weight is 431 g/mol. The molecule has 5 heteroatoms. The van der Waals surface area contributed by atoms with Crippen LogP contribution in [0.3, 0.4) is 0 Å². The fraction of sp³-hybridized carbons (Fsp3) is 0.296. The largest absolute Gasteiger partial charge is 0.457 e. The van der Waals surface area contributed by atoms with E-state index in [-0.39, 0.29) is 5.91 Å². The molecule has 1 amide bonds. The first-order valence-electron chi connectivity index (χ1n) is 11.1. The number of nitrogens with zero attached hydrogens (tertiary/aromatic N) is 1. The summed E-state index contributed by atoms with van der Waals surface area (Å²) in [7, 11) is 0. The number of benzene rings is 3. The number of para-hydroxylation sites is 1. The summed E-state index contributed by atoms with van der Waals surface area (Å²) in [4.78, 5) is 15.2. The first-order chi connectivity index (χ1) is 15.5. The molecular weight excluding hydrogens is 400 g/mol. The van der Waals surface area contributed by atoms with Gasteiger partial charge in [0, 0.05) is 25.3 Å². The van der Waals surface area contributed by atoms with E-state index >= 15 is 0 Å². The van der Waals surface area contributed by atoms with Gasteiger partial charge in [0.15, 0.2) is 0 Å². The van der Waals surface area contributed by atoms with Crippen molar-refractivity contribution in [3.63, 3.8) is 0 Å². The molecule has 1 heterocycles. The number of anilines is 1. The molecule has 1 atom stereocenters. The van der Waals surface area contributed by atoms with Crippen LogP contribution in [-0.2, 0) is 11.3 Å². The summed E-state index contributed by atoms with van der Waals surface area (Å²) in [6.45, 7) is 4.23. The van der Waals surface area contributed by atoms with Crippen molar-refractivity contribution in [3.05, 3.63) is 90.5 Å². The molecule has 1 fully saturated rings. The molecule has 4 rings (SSSR count). The SMILES string of the molecule is CC(C(=O)Nc1ccc(Oc2ccccc2)cc1)C1(O)CCN(Cc2ccccc2)CC1. The summed E-state index contributed by atoms with van der Waals surface area (Å²) < 4.78 is 5.79. The van der Waals surface area contributed by atoms with Crippen LogP contribution in [0.25, 0.3) is 0 Å². The van der Waals surface area contributed by atoms with Crippen LogP contribution in [0.4, 0.5) is 5.69 Å². The zero-order valence-corrected chi connectivity index (χ0v) is 18.4. The number of amides is 1. The first-order valence-corrected chi connectivity index (χ1v) is 11.1. The van der Waals surface area contributed by atoms with Gasteiger partial charge >= 0.3 is 0 Å². The van der Waals surface area contributed by atoms with E-state index in [0.717, 1.165) is 25.4 Å². The zero-order chi connectivity index (χ0) is 22.4. The minimum Gasteiger partial charge on any atom is -0.457 e. The Hall–Kier alpha value is -3.15. The van der Waals surface area contributed by atoms with E-state index in [0.29, 0.717) is 24.3 Å². The molecule has 3 aromatic rings. The van der Waals surface area contributed by atoms with Gasteiger partial charge in [-0.05, 0) is 54.8 Å². The van der Waals surface area contributed by atoms with Gasteiger partial charge in [0.2, 0.25) is 5.91 Å². The van der Waals surface area contributed by atoms with Crippen LogP contribution in [0.1, 0.15) is 25.3 Å². The second-order valence-corrected chi connectivity index (χ2v) is 8.52. The molecule has 0 aromatic heterocycles. The minimum atomic E-state index is -0.992. The number of nitrogens with one attached hydrogen (secondary N) is 1. The van der Waals surface area contributed by atoms with Crippen molar-refractivity contribution in [3.8, 4) is 11.5 Å². The van der Waals surface area contributed by atoms with E-state index in [1.807, 2.05) is 79.7 Å². The summed E-state index contributed by atoms with van der Waals surface area (Å²) >= 11 is 0. The monoisotopic (exact) mass is 430 g/mol. The zero-order valence-electron chi connectivity index (χ0n) is 18.4. The van der Waals surface area contributed by atoms with Crippen molar-refractivity contribution in [1.82, 2.24) is 4.90 Å². The minimum absolute atomic E-state index is 0.166. The third kappa shape index (κ3) is 5.55. The number of likely N-dealkylation sites (tertiary alicyclic amines) is 1. The summed E-state index contributed by atoms with van der Waals surface area (Å²) in [6, 6.07) is 27.2. The van der Waals surface area contributed by atoms with Gasteiger partial charge in [0.05, 0.1) is 11.5 Å². The molecule has 3 aromatic carbocycles. The van der Waals surface area contributed by atoms with Crippen molar-refractivity contribution in [1.29, 1.82) is 0 Å². The van der Waals surface area contributed by atoms with Crippen LogP contribution in [0.5, 0.6) is 11.5 Å². The van der Waals surface area contributed by atoms with Crippen LogP contribution in [0.2, 0.25) is 0 Å². The highest BCUT2D eigenvalue weighted by atomic mass is 16.5. The lowest BCUT2D eigenvalue weighted by molar-refractivity contribution is -0.132. The molecular formula is C27H30N2O3. The fourth-order valence-electron chi connectivity index (χ4n) is 4.10. The molecule has 0 radical (unpaired) electrons. The Bertz CT molecular complexity index is 998. The lowest BCUT2D eigenvalue weighted by atomic mass is 9.80. The van der Waals surface area contributed by atoms with Gasteiger partial charge in [-0.3, -0.25) is 9.69 Å². The Morgan fingerprint density at radius 2 is 1.50 bits per heavy atom. The van der Waals surface area contributed by atoms with Gasteiger partial charge < -0.3 is 15.2 Å².